The van der Waals surface area contributed by atoms with E-state index in [4.69, 9.17) is 34.3 Å². The number of carbonyl (C=O) groups excluding carboxylic acids is 4. The molecule has 0 aromatic carbocycles. The molecule has 16 heteroatoms. The Morgan fingerprint density at radius 1 is 1.18 bits per heavy atom. The number of aliphatic hydroxyl groups is 1. The normalized spacial score (nSPS) is 20.3. The molecule has 0 aliphatic carbocycles. The number of alkyl halides is 1. The SMILES string of the molecule is CCC(OC)[C@](C)(CCC(=O)CCC(C)[C@H](OC1CC(N(C)C)CC(C)O1)C(C)C(=O)C(C)C=O)OC(N)=O.CF.OC#Cc1cc(-c2cccnn2)no1. The zero-order valence-corrected chi connectivity index (χ0v) is 33.8. The molecule has 9 atom stereocenters. The van der Waals surface area contributed by atoms with Gasteiger partial charge in [-0.1, -0.05) is 25.9 Å². The molecular formula is C39H60FN5O10. The Balaban J connectivity index is 0.000000776. The second kappa shape index (κ2) is 25.0. The Hall–Kier alpha value is -4.30. The van der Waals surface area contributed by atoms with Gasteiger partial charge in [0.25, 0.3) is 0 Å². The number of Topliss-reactive ketones (excluding diaryl/α,β-unsaturated/α-hetero) is 2. The molecule has 3 N–H and O–H groups in total. The first-order chi connectivity index (χ1) is 26.1. The molecule has 0 radical (unpaired) electrons. The molecule has 2 aromatic rings. The fourth-order valence-electron chi connectivity index (χ4n) is 6.51. The van der Waals surface area contributed by atoms with Gasteiger partial charge in [-0.25, -0.2) is 4.79 Å². The van der Waals surface area contributed by atoms with Gasteiger partial charge in [-0.05, 0) is 78.6 Å². The van der Waals surface area contributed by atoms with Gasteiger partial charge in [-0.3, -0.25) is 14.0 Å². The molecule has 1 fully saturated rings. The van der Waals surface area contributed by atoms with Crippen LogP contribution in [0.15, 0.2) is 28.9 Å². The maximum absolute atomic E-state index is 13.0. The zero-order valence-electron chi connectivity index (χ0n) is 33.8. The van der Waals surface area contributed by atoms with Crippen molar-refractivity contribution in [2.45, 2.75) is 123 Å². The monoisotopic (exact) mass is 777 g/mol. The van der Waals surface area contributed by atoms with E-state index in [0.29, 0.717) is 44.1 Å². The van der Waals surface area contributed by atoms with Gasteiger partial charge in [0.1, 0.15) is 40.9 Å². The summed E-state index contributed by atoms with van der Waals surface area (Å²) in [7, 11) is 6.09. The van der Waals surface area contributed by atoms with E-state index in [1.807, 2.05) is 34.9 Å². The second-order valence-corrected chi connectivity index (χ2v) is 14.0. The molecule has 0 saturated carbocycles. The predicted molar refractivity (Wildman–Crippen MR) is 201 cm³/mol. The Morgan fingerprint density at radius 2 is 1.87 bits per heavy atom. The Morgan fingerprint density at radius 3 is 2.42 bits per heavy atom. The van der Waals surface area contributed by atoms with Gasteiger partial charge in [0, 0.05) is 56.5 Å². The minimum absolute atomic E-state index is 0.00120. The van der Waals surface area contributed by atoms with Crippen LogP contribution in [0.5, 0.6) is 0 Å². The van der Waals surface area contributed by atoms with Gasteiger partial charge in [0.2, 0.25) is 5.76 Å². The van der Waals surface area contributed by atoms with Crippen molar-refractivity contribution >= 4 is 23.9 Å². The lowest BCUT2D eigenvalue weighted by Gasteiger charge is -2.40. The van der Waals surface area contributed by atoms with Crippen molar-refractivity contribution < 1.29 is 52.1 Å². The number of ether oxygens (including phenoxy) is 4. The van der Waals surface area contributed by atoms with E-state index in [-0.39, 0.29) is 54.7 Å². The van der Waals surface area contributed by atoms with E-state index in [1.54, 1.807) is 51.3 Å². The zero-order chi connectivity index (χ0) is 41.7. The third-order valence-electron chi connectivity index (χ3n) is 9.62. The summed E-state index contributed by atoms with van der Waals surface area (Å²) in [4.78, 5) is 50.9. The van der Waals surface area contributed by atoms with Gasteiger partial charge in [-0.15, -0.1) is 5.10 Å². The highest BCUT2D eigenvalue weighted by Crippen LogP contribution is 2.31. The third-order valence-corrected chi connectivity index (χ3v) is 9.62. The number of ketones is 2. The summed E-state index contributed by atoms with van der Waals surface area (Å²) in [6, 6.07) is 5.36. The van der Waals surface area contributed by atoms with Gasteiger partial charge < -0.3 is 44.0 Å². The number of methoxy groups -OCH3 is 1. The first-order valence-electron chi connectivity index (χ1n) is 18.4. The number of nitrogens with zero attached hydrogens (tertiary/aromatic N) is 4. The van der Waals surface area contributed by atoms with Crippen LogP contribution in [-0.2, 0) is 33.3 Å². The molecule has 1 aliphatic heterocycles. The Bertz CT molecular complexity index is 1510. The Kier molecular flexibility index (Phi) is 22.1. The maximum atomic E-state index is 13.0. The van der Waals surface area contributed by atoms with Gasteiger partial charge >= 0.3 is 6.09 Å². The molecule has 3 heterocycles. The van der Waals surface area contributed by atoms with Crippen molar-refractivity contribution in [3.05, 3.63) is 30.2 Å². The van der Waals surface area contributed by atoms with Crippen molar-refractivity contribution in [2.24, 2.45) is 23.5 Å². The molecule has 0 spiro atoms. The molecule has 55 heavy (non-hydrogen) atoms. The minimum Gasteiger partial charge on any atom is -0.462 e. The summed E-state index contributed by atoms with van der Waals surface area (Å²) in [5.41, 5.74) is 5.40. The number of rotatable bonds is 19. The minimum atomic E-state index is -1.02. The number of nitrogens with two attached hydrogens (primary N) is 1. The fourth-order valence-corrected chi connectivity index (χ4v) is 6.51. The van der Waals surface area contributed by atoms with Crippen molar-refractivity contribution in [3.8, 4) is 23.4 Å². The van der Waals surface area contributed by atoms with E-state index < -0.39 is 42.0 Å². The third kappa shape index (κ3) is 16.1. The lowest BCUT2D eigenvalue weighted by atomic mass is 9.83. The first kappa shape index (κ1) is 48.7. The van der Waals surface area contributed by atoms with Crippen molar-refractivity contribution in [1.82, 2.24) is 20.3 Å². The number of aromatic nitrogens is 3. The topological polar surface area (TPSA) is 206 Å². The van der Waals surface area contributed by atoms with Crippen LogP contribution in [0.2, 0.25) is 0 Å². The number of aliphatic hydroxyl groups excluding tert-OH is 1. The number of carbonyl (C=O) groups is 4. The lowest BCUT2D eigenvalue weighted by molar-refractivity contribution is -0.236. The largest absolute Gasteiger partial charge is 0.462 e. The second-order valence-electron chi connectivity index (χ2n) is 14.0. The van der Waals surface area contributed by atoms with Crippen LogP contribution in [0, 0.1) is 29.8 Å². The summed E-state index contributed by atoms with van der Waals surface area (Å²) >= 11 is 0. The lowest BCUT2D eigenvalue weighted by Crippen LogP contribution is -2.46. The van der Waals surface area contributed by atoms with Crippen LogP contribution >= 0.6 is 0 Å². The van der Waals surface area contributed by atoms with Gasteiger partial charge in [-0.2, -0.15) is 5.10 Å². The van der Waals surface area contributed by atoms with Crippen LogP contribution in [0.25, 0.3) is 11.4 Å². The summed E-state index contributed by atoms with van der Waals surface area (Å²) in [6.45, 7) is 11.0. The molecule has 1 saturated heterocycles. The smallest absolute Gasteiger partial charge is 0.405 e. The predicted octanol–water partition coefficient (Wildman–Crippen LogP) is 5.31. The van der Waals surface area contributed by atoms with Crippen LogP contribution in [0.4, 0.5) is 9.18 Å². The molecule has 15 nitrogen and oxygen atoms in total. The average molecular weight is 778 g/mol. The molecule has 1 aliphatic rings. The number of halogens is 1. The van der Waals surface area contributed by atoms with Gasteiger partial charge in [0.05, 0.1) is 31.4 Å². The molecule has 7 unspecified atom stereocenters. The summed E-state index contributed by atoms with van der Waals surface area (Å²) < 4.78 is 37.7. The van der Waals surface area contributed by atoms with Crippen molar-refractivity contribution in [3.63, 3.8) is 0 Å². The molecule has 0 bridgehead atoms. The van der Waals surface area contributed by atoms with E-state index in [0.717, 1.165) is 6.42 Å². The summed E-state index contributed by atoms with van der Waals surface area (Å²) in [6.07, 6.45) is 5.00. The molecule has 3 rings (SSSR count). The van der Waals surface area contributed by atoms with Crippen LogP contribution in [-0.4, -0.2) is 114 Å². The van der Waals surface area contributed by atoms with E-state index in [2.05, 4.69) is 26.2 Å². The summed E-state index contributed by atoms with van der Waals surface area (Å²) in [5, 5.41) is 19.6. The number of hydrogen-bond donors (Lipinski definition) is 2. The van der Waals surface area contributed by atoms with E-state index in [9.17, 15) is 23.6 Å². The van der Waals surface area contributed by atoms with E-state index in [1.165, 1.54) is 7.11 Å². The highest BCUT2D eigenvalue weighted by molar-refractivity contribution is 5.94. The molecular weight excluding hydrogens is 717 g/mol. The maximum Gasteiger partial charge on any atom is 0.405 e. The van der Waals surface area contributed by atoms with E-state index >= 15 is 0 Å². The quantitative estimate of drug-likeness (QED) is 0.105. The number of hydrogen-bond acceptors (Lipinski definition) is 14. The molecule has 308 valence electrons. The number of primary amides is 1. The fraction of sp³-hybridized carbons (Fsp3) is 0.667. The number of amides is 1. The van der Waals surface area contributed by atoms with Crippen LogP contribution < -0.4 is 5.73 Å². The molecule has 2 aromatic heterocycles. The Labute approximate surface area is 324 Å². The average Bonchev–Trinajstić information content (AvgIpc) is 3.64. The van der Waals surface area contributed by atoms with Crippen LogP contribution in [0.1, 0.15) is 92.2 Å². The van der Waals surface area contributed by atoms with Crippen LogP contribution in [0.3, 0.4) is 0 Å². The first-order valence-corrected chi connectivity index (χ1v) is 18.4. The highest BCUT2D eigenvalue weighted by atomic mass is 19.1. The van der Waals surface area contributed by atoms with Crippen molar-refractivity contribution in [1.29, 1.82) is 0 Å². The van der Waals surface area contributed by atoms with Crippen molar-refractivity contribution in [2.75, 3.05) is 28.4 Å². The summed E-state index contributed by atoms with van der Waals surface area (Å²) in [5.74, 6) is 0.984. The highest BCUT2D eigenvalue weighted by Gasteiger charge is 2.39. The molecule has 1 amide bonds. The standard InChI is InChI=1S/C29H52N2O8.C9H5N3O2.CH3F/c1-10-24(36-9)29(6,39-28(30)35)14-13-23(33)12-11-18(2)27(21(5)26(34)19(3)17-32)38-25-16-22(31(7)8)15-20(4)37-25;13-5-3-7-6-9(12-14-7)8-2-1-4-10-11-8;1-2/h17-22,24-25,27H,10-16H2,1-9H3,(H2,30,35);1-2,4,6,13H;1H3/t18?,19?,20?,21?,22?,24?,25?,27-,29-;;/m0../s1. The van der Waals surface area contributed by atoms with Gasteiger partial charge in [0.15, 0.2) is 6.29 Å². The number of aldehydes is 1.